The number of aromatic nitrogens is 3. The largest absolute Gasteiger partial charge is 0.454 e. The molecule has 2 aromatic carbocycles. The van der Waals surface area contributed by atoms with Gasteiger partial charge in [0, 0.05) is 29.8 Å². The number of nitrogens with two attached hydrogens (primary N) is 1. The van der Waals surface area contributed by atoms with Gasteiger partial charge < -0.3 is 10.5 Å². The van der Waals surface area contributed by atoms with Crippen LogP contribution in [0.15, 0.2) is 82.5 Å². The number of para-hydroxylation sites is 1. The number of hydrogen-bond donors (Lipinski definition) is 1. The molecule has 0 radical (unpaired) electrons. The molecule has 4 rings (SSSR count). The highest BCUT2D eigenvalue weighted by atomic mass is 16.5. The Kier molecular flexibility index (Phi) is 7.20. The number of esters is 1. The summed E-state index contributed by atoms with van der Waals surface area (Å²) in [7, 11) is 0. The molecule has 0 aliphatic heterocycles. The van der Waals surface area contributed by atoms with Crippen LogP contribution in [0.4, 0.5) is 5.82 Å². The summed E-state index contributed by atoms with van der Waals surface area (Å²) >= 11 is 0. The number of nitrogens with zero attached hydrogens (tertiary/aromatic N) is 3. The lowest BCUT2D eigenvalue weighted by Gasteiger charge is -2.15. The quantitative estimate of drug-likeness (QED) is 0.231. The smallest absolute Gasteiger partial charge is 0.332 e. The second kappa shape index (κ2) is 10.6. The van der Waals surface area contributed by atoms with Gasteiger partial charge in [0.1, 0.15) is 11.4 Å². The van der Waals surface area contributed by atoms with Crippen LogP contribution in [-0.4, -0.2) is 32.5 Å². The van der Waals surface area contributed by atoms with Gasteiger partial charge in [-0.2, -0.15) is 0 Å². The number of nitrogen functional groups attached to an aromatic ring is 1. The predicted molar refractivity (Wildman–Crippen MR) is 137 cm³/mol. The Morgan fingerprint density at radius 2 is 1.75 bits per heavy atom. The molecule has 9 nitrogen and oxygen atoms in total. The molecule has 2 N–H and O–H groups in total. The molecule has 4 aromatic rings. The van der Waals surface area contributed by atoms with Gasteiger partial charge in [0.25, 0.3) is 5.56 Å². The Balaban J connectivity index is 1.55. The number of ether oxygens (including phenoxy) is 1. The Bertz CT molecular complexity index is 1580. The van der Waals surface area contributed by atoms with Crippen LogP contribution >= 0.6 is 0 Å². The molecule has 182 valence electrons. The van der Waals surface area contributed by atoms with Crippen molar-refractivity contribution in [2.24, 2.45) is 0 Å². The van der Waals surface area contributed by atoms with Crippen molar-refractivity contribution in [3.8, 4) is 0 Å². The average molecular weight is 485 g/mol. The average Bonchev–Trinajstić information content (AvgIpc) is 2.89. The van der Waals surface area contributed by atoms with E-state index >= 15 is 0 Å². The van der Waals surface area contributed by atoms with Crippen LogP contribution in [0.1, 0.15) is 28.4 Å². The molecular formula is C27H24N4O5. The first-order valence-corrected chi connectivity index (χ1v) is 11.3. The van der Waals surface area contributed by atoms with E-state index < -0.39 is 29.6 Å². The molecule has 0 bridgehead atoms. The molecule has 2 aromatic heterocycles. The third kappa shape index (κ3) is 5.00. The molecular weight excluding hydrogens is 460 g/mol. The Morgan fingerprint density at radius 1 is 1.00 bits per heavy atom. The van der Waals surface area contributed by atoms with E-state index in [1.165, 1.54) is 10.6 Å². The number of benzene rings is 2. The van der Waals surface area contributed by atoms with Gasteiger partial charge in [-0.05, 0) is 24.6 Å². The monoisotopic (exact) mass is 484 g/mol. The van der Waals surface area contributed by atoms with Crippen molar-refractivity contribution in [1.29, 1.82) is 0 Å². The summed E-state index contributed by atoms with van der Waals surface area (Å²) in [6.45, 7) is 1.04. The normalized spacial score (nSPS) is 11.1. The Morgan fingerprint density at radius 3 is 2.50 bits per heavy atom. The number of carbonyl (C=O) groups is 2. The maximum absolute atomic E-state index is 12.9. The van der Waals surface area contributed by atoms with Crippen molar-refractivity contribution >= 4 is 34.5 Å². The fourth-order valence-corrected chi connectivity index (χ4v) is 3.85. The zero-order chi connectivity index (χ0) is 25.7. The maximum atomic E-state index is 12.9. The molecule has 9 heteroatoms. The minimum Gasteiger partial charge on any atom is -0.454 e. The topological polar surface area (TPSA) is 126 Å². The van der Waals surface area contributed by atoms with E-state index in [4.69, 9.17) is 10.5 Å². The van der Waals surface area contributed by atoms with Gasteiger partial charge in [0.05, 0.1) is 12.1 Å². The molecule has 0 fully saturated rings. The lowest BCUT2D eigenvalue weighted by atomic mass is 10.1. The summed E-state index contributed by atoms with van der Waals surface area (Å²) < 4.78 is 7.18. The van der Waals surface area contributed by atoms with E-state index in [0.717, 1.165) is 15.5 Å². The van der Waals surface area contributed by atoms with Gasteiger partial charge in [0.2, 0.25) is 5.78 Å². The number of pyridine rings is 1. The van der Waals surface area contributed by atoms with Gasteiger partial charge in [-0.1, -0.05) is 54.6 Å². The van der Waals surface area contributed by atoms with Gasteiger partial charge in [-0.15, -0.1) is 0 Å². The van der Waals surface area contributed by atoms with Crippen LogP contribution in [0.2, 0.25) is 0 Å². The van der Waals surface area contributed by atoms with E-state index in [2.05, 4.69) is 4.98 Å². The fraction of sp³-hybridized carbons (Fsp3) is 0.148. The second-order valence-electron chi connectivity index (χ2n) is 7.95. The van der Waals surface area contributed by atoms with Crippen LogP contribution in [0.25, 0.3) is 17.0 Å². The lowest BCUT2D eigenvalue weighted by molar-refractivity contribution is -0.136. The maximum Gasteiger partial charge on any atom is 0.332 e. The number of ketones is 1. The van der Waals surface area contributed by atoms with Crippen molar-refractivity contribution in [3.05, 3.63) is 110 Å². The zero-order valence-electron chi connectivity index (χ0n) is 19.6. The highest BCUT2D eigenvalue weighted by molar-refractivity contribution is 6.02. The summed E-state index contributed by atoms with van der Waals surface area (Å²) in [5.41, 5.74) is 6.49. The number of Topliss-reactive ketones (excluding diaryl/α,β-unsaturated/α-hetero) is 1. The molecule has 0 saturated heterocycles. The number of fused-ring (bicyclic) bond motifs is 1. The van der Waals surface area contributed by atoms with Gasteiger partial charge in [-0.25, -0.2) is 9.59 Å². The molecule has 0 atom stereocenters. The molecule has 36 heavy (non-hydrogen) atoms. The summed E-state index contributed by atoms with van der Waals surface area (Å²) in [6.07, 6.45) is 4.38. The van der Waals surface area contributed by atoms with E-state index in [0.29, 0.717) is 11.1 Å². The summed E-state index contributed by atoms with van der Waals surface area (Å²) in [5.74, 6) is -1.84. The fourth-order valence-electron chi connectivity index (χ4n) is 3.85. The minimum atomic E-state index is -0.817. The highest BCUT2D eigenvalue weighted by Gasteiger charge is 2.23. The van der Waals surface area contributed by atoms with Crippen molar-refractivity contribution in [2.75, 3.05) is 12.3 Å². The van der Waals surface area contributed by atoms with Gasteiger partial charge >= 0.3 is 11.7 Å². The van der Waals surface area contributed by atoms with Crippen LogP contribution < -0.4 is 17.0 Å². The molecule has 0 saturated carbocycles. The van der Waals surface area contributed by atoms with Crippen LogP contribution in [0.5, 0.6) is 0 Å². The molecule has 0 spiro atoms. The molecule has 0 unspecified atom stereocenters. The first kappa shape index (κ1) is 24.3. The lowest BCUT2D eigenvalue weighted by Crippen LogP contribution is -2.44. The van der Waals surface area contributed by atoms with Crippen molar-refractivity contribution in [3.63, 3.8) is 0 Å². The second-order valence-corrected chi connectivity index (χ2v) is 7.95. The standard InChI is InChI=1S/C27H24N4O5/c1-2-30-26(34)23(25(28)31(27(30)35)16-18-8-4-3-5-9-18)21(32)17-36-22(33)14-13-20-11-6-10-19-12-7-15-29-24(19)20/h3-15H,2,16-17,28H2,1H3/b14-13+. The number of rotatable bonds is 8. The van der Waals surface area contributed by atoms with E-state index in [-0.39, 0.29) is 24.5 Å². The Hall–Kier alpha value is -4.79. The highest BCUT2D eigenvalue weighted by Crippen LogP contribution is 2.17. The SMILES string of the molecule is CCn1c(=O)c(C(=O)COC(=O)/C=C/c2cccc3cccnc23)c(N)n(Cc2ccccc2)c1=O. The molecule has 0 amide bonds. The van der Waals surface area contributed by atoms with Crippen LogP contribution in [0.3, 0.4) is 0 Å². The van der Waals surface area contributed by atoms with E-state index in [1.54, 1.807) is 49.5 Å². The van der Waals surface area contributed by atoms with Crippen LogP contribution in [0, 0.1) is 0 Å². The van der Waals surface area contributed by atoms with Gasteiger partial charge in [-0.3, -0.25) is 23.7 Å². The van der Waals surface area contributed by atoms with Crippen molar-refractivity contribution in [2.45, 2.75) is 20.0 Å². The third-order valence-electron chi connectivity index (χ3n) is 5.65. The first-order chi connectivity index (χ1) is 17.4. The number of anilines is 1. The van der Waals surface area contributed by atoms with Crippen LogP contribution in [-0.2, 0) is 22.6 Å². The number of hydrogen-bond acceptors (Lipinski definition) is 7. The first-order valence-electron chi connectivity index (χ1n) is 11.3. The van der Waals surface area contributed by atoms with E-state index in [9.17, 15) is 19.2 Å². The van der Waals surface area contributed by atoms with Gasteiger partial charge in [0.15, 0.2) is 6.61 Å². The van der Waals surface area contributed by atoms with Crippen molar-refractivity contribution < 1.29 is 14.3 Å². The third-order valence-corrected chi connectivity index (χ3v) is 5.65. The predicted octanol–water partition coefficient (Wildman–Crippen LogP) is 2.65. The molecule has 0 aliphatic rings. The van der Waals surface area contributed by atoms with E-state index in [1.807, 2.05) is 30.3 Å². The summed E-state index contributed by atoms with van der Waals surface area (Å²) in [6, 6.07) is 18.3. The summed E-state index contributed by atoms with van der Waals surface area (Å²) in [4.78, 5) is 55.2. The zero-order valence-corrected chi connectivity index (χ0v) is 19.6. The number of carbonyl (C=O) groups excluding carboxylic acids is 2. The minimum absolute atomic E-state index is 0.0502. The van der Waals surface area contributed by atoms with Crippen molar-refractivity contribution in [1.82, 2.24) is 14.1 Å². The Labute approximate surface area is 206 Å². The summed E-state index contributed by atoms with van der Waals surface area (Å²) in [5, 5.41) is 0.913. The molecule has 2 heterocycles. The molecule has 0 aliphatic carbocycles.